The van der Waals surface area contributed by atoms with Crippen molar-refractivity contribution in [2.75, 3.05) is 39.8 Å². The van der Waals surface area contributed by atoms with Crippen molar-refractivity contribution in [3.05, 3.63) is 53.3 Å². The number of nitrogens with zero attached hydrogens (tertiary/aromatic N) is 5. The molecule has 0 saturated carbocycles. The Morgan fingerprint density at radius 1 is 1.25 bits per heavy atom. The maximum Gasteiger partial charge on any atom is 0.193 e. The second kappa shape index (κ2) is 8.78. The van der Waals surface area contributed by atoms with Gasteiger partial charge in [0.05, 0.1) is 6.20 Å². The topological polar surface area (TPSA) is 48.7 Å². The molecule has 28 heavy (non-hydrogen) atoms. The van der Waals surface area contributed by atoms with Crippen LogP contribution in [0, 0.1) is 0 Å². The van der Waals surface area contributed by atoms with Crippen molar-refractivity contribution in [2.24, 2.45) is 12.0 Å². The van der Waals surface area contributed by atoms with E-state index in [9.17, 15) is 0 Å². The van der Waals surface area contributed by atoms with Crippen molar-refractivity contribution < 1.29 is 0 Å². The molecule has 6 heteroatoms. The van der Waals surface area contributed by atoms with Gasteiger partial charge in [-0.2, -0.15) is 5.10 Å². The number of hydrogen-bond donors (Lipinski definition) is 1. The first kappa shape index (κ1) is 19.0. The average molecular weight is 381 g/mol. The lowest BCUT2D eigenvalue weighted by Crippen LogP contribution is -2.41. The number of fused-ring (bicyclic) bond motifs is 1. The monoisotopic (exact) mass is 380 g/mol. The van der Waals surface area contributed by atoms with Gasteiger partial charge in [-0.15, -0.1) is 0 Å². The molecular formula is C22H32N6. The first-order chi connectivity index (χ1) is 13.7. The minimum absolute atomic E-state index is 0.556. The molecule has 2 aromatic rings. The van der Waals surface area contributed by atoms with Gasteiger partial charge in [0.2, 0.25) is 0 Å². The fourth-order valence-corrected chi connectivity index (χ4v) is 4.46. The molecule has 1 N–H and O–H groups in total. The molecule has 4 rings (SSSR count). The zero-order valence-electron chi connectivity index (χ0n) is 17.1. The van der Waals surface area contributed by atoms with E-state index in [1.165, 1.54) is 36.1 Å². The van der Waals surface area contributed by atoms with E-state index in [2.05, 4.69) is 55.7 Å². The van der Waals surface area contributed by atoms with Gasteiger partial charge in [-0.25, -0.2) is 0 Å². The third-order valence-corrected chi connectivity index (χ3v) is 6.04. The lowest BCUT2D eigenvalue weighted by molar-refractivity contribution is 0.251. The van der Waals surface area contributed by atoms with Crippen LogP contribution in [0.15, 0.2) is 41.7 Å². The highest BCUT2D eigenvalue weighted by Crippen LogP contribution is 2.26. The SMILES string of the molecule is CN=C(NCCCN1CCc2ccccc2C1)N1CCC(c2cnn(C)c2)C1. The summed E-state index contributed by atoms with van der Waals surface area (Å²) in [7, 11) is 3.87. The van der Waals surface area contributed by atoms with E-state index in [4.69, 9.17) is 0 Å². The average Bonchev–Trinajstić information content (AvgIpc) is 3.37. The van der Waals surface area contributed by atoms with Gasteiger partial charge in [0, 0.05) is 65.5 Å². The minimum Gasteiger partial charge on any atom is -0.356 e. The zero-order chi connectivity index (χ0) is 19.3. The van der Waals surface area contributed by atoms with Gasteiger partial charge in [-0.05, 0) is 36.0 Å². The number of guanidine groups is 1. The summed E-state index contributed by atoms with van der Waals surface area (Å²) in [4.78, 5) is 9.47. The van der Waals surface area contributed by atoms with Crippen molar-refractivity contribution in [3.63, 3.8) is 0 Å². The molecule has 1 unspecified atom stereocenters. The van der Waals surface area contributed by atoms with Crippen molar-refractivity contribution in [3.8, 4) is 0 Å². The van der Waals surface area contributed by atoms with Gasteiger partial charge >= 0.3 is 0 Å². The Bertz CT molecular complexity index is 811. The normalized spacial score (nSPS) is 20.4. The van der Waals surface area contributed by atoms with Crippen molar-refractivity contribution in [1.82, 2.24) is 24.9 Å². The first-order valence-electron chi connectivity index (χ1n) is 10.5. The first-order valence-corrected chi connectivity index (χ1v) is 10.5. The summed E-state index contributed by atoms with van der Waals surface area (Å²) in [5.41, 5.74) is 4.36. The summed E-state index contributed by atoms with van der Waals surface area (Å²) in [5.74, 6) is 1.59. The Morgan fingerprint density at radius 3 is 2.89 bits per heavy atom. The van der Waals surface area contributed by atoms with E-state index in [0.717, 1.165) is 45.1 Å². The fraction of sp³-hybridized carbons (Fsp3) is 0.545. The number of nitrogens with one attached hydrogen (secondary N) is 1. The van der Waals surface area contributed by atoms with Crippen molar-refractivity contribution >= 4 is 5.96 Å². The summed E-state index contributed by atoms with van der Waals surface area (Å²) in [6.45, 7) is 6.44. The van der Waals surface area contributed by atoms with Crippen LogP contribution in [-0.2, 0) is 20.0 Å². The highest BCUT2D eigenvalue weighted by molar-refractivity contribution is 5.80. The molecule has 0 amide bonds. The van der Waals surface area contributed by atoms with Gasteiger partial charge in [0.1, 0.15) is 0 Å². The molecule has 0 bridgehead atoms. The second-order valence-electron chi connectivity index (χ2n) is 8.00. The molecule has 0 spiro atoms. The molecule has 2 aliphatic rings. The molecule has 3 heterocycles. The van der Waals surface area contributed by atoms with Gasteiger partial charge in [-0.3, -0.25) is 14.6 Å². The number of hydrogen-bond acceptors (Lipinski definition) is 3. The highest BCUT2D eigenvalue weighted by atomic mass is 15.3. The number of rotatable bonds is 5. The minimum atomic E-state index is 0.556. The molecule has 1 aromatic heterocycles. The van der Waals surface area contributed by atoms with E-state index < -0.39 is 0 Å². The number of benzene rings is 1. The van der Waals surface area contributed by atoms with Crippen LogP contribution in [0.4, 0.5) is 0 Å². The van der Waals surface area contributed by atoms with Crippen LogP contribution in [0.5, 0.6) is 0 Å². The predicted molar refractivity (Wildman–Crippen MR) is 114 cm³/mol. The van der Waals surface area contributed by atoms with E-state index in [-0.39, 0.29) is 0 Å². The lowest BCUT2D eigenvalue weighted by Gasteiger charge is -2.29. The molecule has 2 aliphatic heterocycles. The van der Waals surface area contributed by atoms with Gasteiger partial charge in [0.15, 0.2) is 5.96 Å². The molecule has 1 saturated heterocycles. The molecule has 1 atom stereocenters. The third kappa shape index (κ3) is 4.38. The van der Waals surface area contributed by atoms with E-state index in [1.54, 1.807) is 0 Å². The van der Waals surface area contributed by atoms with Crippen LogP contribution < -0.4 is 5.32 Å². The maximum atomic E-state index is 4.51. The Kier molecular flexibility index (Phi) is 5.95. The Balaban J connectivity index is 1.20. The largest absolute Gasteiger partial charge is 0.356 e. The van der Waals surface area contributed by atoms with Crippen LogP contribution in [-0.4, -0.2) is 65.3 Å². The summed E-state index contributed by atoms with van der Waals surface area (Å²) in [6.07, 6.45) is 7.62. The molecule has 0 aliphatic carbocycles. The van der Waals surface area contributed by atoms with Gasteiger partial charge < -0.3 is 10.2 Å². The fourth-order valence-electron chi connectivity index (χ4n) is 4.46. The highest BCUT2D eigenvalue weighted by Gasteiger charge is 2.26. The Morgan fingerprint density at radius 2 is 2.11 bits per heavy atom. The molecule has 6 nitrogen and oxygen atoms in total. The number of aromatic nitrogens is 2. The smallest absolute Gasteiger partial charge is 0.193 e. The Labute approximate surface area is 168 Å². The number of aryl methyl sites for hydroxylation is 1. The predicted octanol–water partition coefficient (Wildman–Crippen LogP) is 2.23. The number of likely N-dealkylation sites (tertiary alicyclic amines) is 1. The van der Waals surface area contributed by atoms with Crippen molar-refractivity contribution in [2.45, 2.75) is 31.7 Å². The van der Waals surface area contributed by atoms with Crippen molar-refractivity contribution in [1.29, 1.82) is 0 Å². The van der Waals surface area contributed by atoms with Crippen LogP contribution in [0.1, 0.15) is 35.4 Å². The van der Waals surface area contributed by atoms with Gasteiger partial charge in [-0.1, -0.05) is 24.3 Å². The van der Waals surface area contributed by atoms with Gasteiger partial charge in [0.25, 0.3) is 0 Å². The molecule has 0 radical (unpaired) electrons. The van der Waals surface area contributed by atoms with E-state index >= 15 is 0 Å². The quantitative estimate of drug-likeness (QED) is 0.491. The van der Waals surface area contributed by atoms with Crippen LogP contribution >= 0.6 is 0 Å². The summed E-state index contributed by atoms with van der Waals surface area (Å²) in [6, 6.07) is 8.85. The maximum absolute atomic E-state index is 4.51. The summed E-state index contributed by atoms with van der Waals surface area (Å²) < 4.78 is 1.89. The molecular weight excluding hydrogens is 348 g/mol. The lowest BCUT2D eigenvalue weighted by atomic mass is 10.00. The van der Waals surface area contributed by atoms with Crippen LogP contribution in [0.3, 0.4) is 0 Å². The zero-order valence-corrected chi connectivity index (χ0v) is 17.1. The van der Waals surface area contributed by atoms with E-state index in [0.29, 0.717) is 5.92 Å². The Hall–Kier alpha value is -2.34. The third-order valence-electron chi connectivity index (χ3n) is 6.04. The molecule has 1 fully saturated rings. The van der Waals surface area contributed by atoms with Crippen LogP contribution in [0.2, 0.25) is 0 Å². The van der Waals surface area contributed by atoms with Crippen LogP contribution in [0.25, 0.3) is 0 Å². The summed E-state index contributed by atoms with van der Waals surface area (Å²) in [5, 5.41) is 7.89. The second-order valence-corrected chi connectivity index (χ2v) is 8.00. The molecule has 1 aromatic carbocycles. The van der Waals surface area contributed by atoms with E-state index in [1.807, 2.05) is 25.0 Å². The summed E-state index contributed by atoms with van der Waals surface area (Å²) >= 11 is 0. The molecule has 150 valence electrons. The number of aliphatic imine (C=N–C) groups is 1. The standard InChI is InChI=1S/C22H32N6/c1-23-22(28-13-9-20(17-28)21-14-25-26(2)15-21)24-10-5-11-27-12-8-18-6-3-4-7-19(18)16-27/h3-4,6-7,14-15,20H,5,8-13,16-17H2,1-2H3,(H,23,24).